The first-order chi connectivity index (χ1) is 12.3. The van der Waals surface area contributed by atoms with Gasteiger partial charge in [-0.15, -0.1) is 0 Å². The zero-order chi connectivity index (χ0) is 17.1. The van der Waals surface area contributed by atoms with Crippen LogP contribution in [0.4, 0.5) is 5.82 Å². The van der Waals surface area contributed by atoms with Crippen LogP contribution in [-0.2, 0) is 6.54 Å². The Bertz CT molecular complexity index is 672. The summed E-state index contributed by atoms with van der Waals surface area (Å²) in [5, 5.41) is 11.6. The van der Waals surface area contributed by atoms with E-state index in [1.165, 1.54) is 37.1 Å². The van der Waals surface area contributed by atoms with Gasteiger partial charge in [0.1, 0.15) is 5.82 Å². The fourth-order valence-corrected chi connectivity index (χ4v) is 4.05. The third-order valence-corrected chi connectivity index (χ3v) is 5.53. The van der Waals surface area contributed by atoms with Gasteiger partial charge in [-0.3, -0.25) is 4.90 Å². The highest BCUT2D eigenvalue weighted by molar-refractivity contribution is 5.35. The highest BCUT2D eigenvalue weighted by Crippen LogP contribution is 2.25. The van der Waals surface area contributed by atoms with Crippen LogP contribution in [0.2, 0.25) is 0 Å². The van der Waals surface area contributed by atoms with E-state index in [0.717, 1.165) is 32.0 Å². The monoisotopic (exact) mass is 339 g/mol. The third-order valence-electron chi connectivity index (χ3n) is 5.53. The van der Waals surface area contributed by atoms with Gasteiger partial charge in [0.2, 0.25) is 0 Å². The van der Waals surface area contributed by atoms with Gasteiger partial charge in [-0.1, -0.05) is 29.8 Å². The minimum Gasteiger partial charge on any atom is -0.370 e. The van der Waals surface area contributed by atoms with E-state index in [2.05, 4.69) is 56.5 Å². The fraction of sp³-hybridized carbons (Fsp3) is 0.550. The molecule has 0 amide bonds. The number of rotatable bonds is 6. The highest BCUT2D eigenvalue weighted by atomic mass is 15.3. The number of hydrogen-bond donors (Lipinski definition) is 2. The van der Waals surface area contributed by atoms with Crippen LogP contribution < -0.4 is 10.6 Å². The topological polar surface area (TPSA) is 45.1 Å². The molecular weight excluding hydrogens is 310 g/mol. The van der Waals surface area contributed by atoms with Crippen molar-refractivity contribution in [3.05, 3.63) is 47.7 Å². The lowest BCUT2D eigenvalue weighted by atomic mass is 10.0. The molecule has 4 rings (SSSR count). The molecule has 0 saturated carbocycles. The predicted octanol–water partition coefficient (Wildman–Crippen LogP) is 2.66. The first-order valence-electron chi connectivity index (χ1n) is 9.56. The van der Waals surface area contributed by atoms with Gasteiger partial charge < -0.3 is 10.6 Å². The Morgan fingerprint density at radius 3 is 2.80 bits per heavy atom. The van der Waals surface area contributed by atoms with E-state index in [1.807, 2.05) is 12.3 Å². The maximum absolute atomic E-state index is 4.39. The summed E-state index contributed by atoms with van der Waals surface area (Å²) >= 11 is 0. The number of anilines is 1. The van der Waals surface area contributed by atoms with Gasteiger partial charge in [0.25, 0.3) is 0 Å². The summed E-state index contributed by atoms with van der Waals surface area (Å²) < 4.78 is 2.08. The molecule has 0 aliphatic carbocycles. The number of nitrogens with zero attached hydrogens (tertiary/aromatic N) is 3. The summed E-state index contributed by atoms with van der Waals surface area (Å²) in [5.41, 5.74) is 2.77. The smallest absolute Gasteiger partial charge is 0.124 e. The molecule has 0 spiro atoms. The molecule has 134 valence electrons. The van der Waals surface area contributed by atoms with Gasteiger partial charge in [-0.25, -0.2) is 4.68 Å². The number of fused-ring (bicyclic) bond motifs is 1. The van der Waals surface area contributed by atoms with Crippen LogP contribution in [0, 0.1) is 12.8 Å². The zero-order valence-electron chi connectivity index (χ0n) is 15.1. The molecule has 1 aromatic carbocycles. The maximum atomic E-state index is 4.39. The van der Waals surface area contributed by atoms with Gasteiger partial charge in [-0.05, 0) is 38.4 Å². The quantitative estimate of drug-likeness (QED) is 0.849. The van der Waals surface area contributed by atoms with Crippen LogP contribution in [0.15, 0.2) is 36.5 Å². The lowest BCUT2D eigenvalue weighted by molar-refractivity contribution is 0.234. The van der Waals surface area contributed by atoms with E-state index in [4.69, 9.17) is 0 Å². The molecule has 2 aliphatic rings. The van der Waals surface area contributed by atoms with Gasteiger partial charge in [0, 0.05) is 44.2 Å². The lowest BCUT2D eigenvalue weighted by Gasteiger charge is -2.30. The first-order valence-corrected chi connectivity index (χ1v) is 9.56. The van der Waals surface area contributed by atoms with E-state index in [9.17, 15) is 0 Å². The van der Waals surface area contributed by atoms with E-state index in [1.54, 1.807) is 0 Å². The van der Waals surface area contributed by atoms with Crippen molar-refractivity contribution in [2.24, 2.45) is 5.92 Å². The average Bonchev–Trinajstić information content (AvgIpc) is 3.31. The molecule has 0 radical (unpaired) electrons. The van der Waals surface area contributed by atoms with Crippen molar-refractivity contribution in [1.82, 2.24) is 20.0 Å². The van der Waals surface area contributed by atoms with Gasteiger partial charge in [-0.2, -0.15) is 5.10 Å². The second-order valence-corrected chi connectivity index (χ2v) is 7.47. The predicted molar refractivity (Wildman–Crippen MR) is 102 cm³/mol. The van der Waals surface area contributed by atoms with Crippen LogP contribution in [0.5, 0.6) is 0 Å². The maximum Gasteiger partial charge on any atom is 0.124 e. The molecule has 2 aromatic rings. The Kier molecular flexibility index (Phi) is 5.04. The summed E-state index contributed by atoms with van der Waals surface area (Å²) in [7, 11) is 0. The Morgan fingerprint density at radius 2 is 2.00 bits per heavy atom. The fourth-order valence-electron chi connectivity index (χ4n) is 4.05. The number of hydrogen-bond acceptors (Lipinski definition) is 4. The molecule has 2 atom stereocenters. The Hall–Kier alpha value is -1.85. The number of aryl methyl sites for hydroxylation is 1. The number of likely N-dealkylation sites (tertiary alicyclic amines) is 1. The molecule has 5 nitrogen and oxygen atoms in total. The van der Waals surface area contributed by atoms with E-state index in [0.29, 0.717) is 12.0 Å². The molecule has 2 aliphatic heterocycles. The van der Waals surface area contributed by atoms with Crippen molar-refractivity contribution in [2.45, 2.75) is 32.4 Å². The minimum absolute atomic E-state index is 0.486. The van der Waals surface area contributed by atoms with Gasteiger partial charge >= 0.3 is 0 Å². The summed E-state index contributed by atoms with van der Waals surface area (Å²) in [6, 6.07) is 11.6. The largest absolute Gasteiger partial charge is 0.370 e. The zero-order valence-corrected chi connectivity index (χ0v) is 15.1. The van der Waals surface area contributed by atoms with Crippen LogP contribution in [0.1, 0.15) is 30.0 Å². The molecule has 2 N–H and O–H groups in total. The summed E-state index contributed by atoms with van der Waals surface area (Å²) in [4.78, 5) is 2.64. The number of benzene rings is 1. The second-order valence-electron chi connectivity index (χ2n) is 7.47. The van der Waals surface area contributed by atoms with Crippen molar-refractivity contribution in [2.75, 3.05) is 38.0 Å². The first kappa shape index (κ1) is 16.6. The van der Waals surface area contributed by atoms with Crippen molar-refractivity contribution < 1.29 is 0 Å². The van der Waals surface area contributed by atoms with E-state index in [-0.39, 0.29) is 0 Å². The average molecular weight is 339 g/mol. The molecule has 1 aromatic heterocycles. The summed E-state index contributed by atoms with van der Waals surface area (Å²) in [6.07, 6.45) is 4.53. The Morgan fingerprint density at radius 1 is 1.20 bits per heavy atom. The summed E-state index contributed by atoms with van der Waals surface area (Å²) in [6.45, 7) is 8.68. The van der Waals surface area contributed by atoms with Gasteiger partial charge in [0.05, 0.1) is 6.20 Å². The number of nitrogens with one attached hydrogen (secondary N) is 2. The minimum atomic E-state index is 0.486. The molecule has 5 heteroatoms. The van der Waals surface area contributed by atoms with Crippen molar-refractivity contribution in [1.29, 1.82) is 0 Å². The van der Waals surface area contributed by atoms with Crippen LogP contribution in [0.25, 0.3) is 0 Å². The van der Waals surface area contributed by atoms with Crippen molar-refractivity contribution in [3.8, 4) is 0 Å². The Balaban J connectivity index is 1.35. The normalized spacial score (nSPS) is 21.7. The van der Waals surface area contributed by atoms with E-state index >= 15 is 0 Å². The standard InChI is InChI=1S/C20H29N5/c1-16-4-6-18(7-5-16)19(24-10-2-3-11-24)14-21-12-17-13-22-20-8-9-23-25(20)15-17/h4-9,17,19,21-22H,2-3,10-15H2,1H3/t17-,19+/m0/s1. The SMILES string of the molecule is Cc1ccc([C@@H](CNC[C@H]2CNc3ccnn3C2)N2CCCC2)cc1. The molecule has 0 unspecified atom stereocenters. The lowest BCUT2D eigenvalue weighted by Crippen LogP contribution is -2.39. The van der Waals surface area contributed by atoms with Crippen LogP contribution in [0.3, 0.4) is 0 Å². The molecule has 1 fully saturated rings. The molecule has 0 bridgehead atoms. The van der Waals surface area contributed by atoms with Crippen LogP contribution >= 0.6 is 0 Å². The Labute approximate surface area is 150 Å². The van der Waals surface area contributed by atoms with Gasteiger partial charge in [0.15, 0.2) is 0 Å². The van der Waals surface area contributed by atoms with Crippen molar-refractivity contribution in [3.63, 3.8) is 0 Å². The highest BCUT2D eigenvalue weighted by Gasteiger charge is 2.24. The van der Waals surface area contributed by atoms with Crippen molar-refractivity contribution >= 4 is 5.82 Å². The van der Waals surface area contributed by atoms with Crippen LogP contribution in [-0.4, -0.2) is 47.4 Å². The summed E-state index contributed by atoms with van der Waals surface area (Å²) in [5.74, 6) is 1.73. The second kappa shape index (κ2) is 7.58. The molecule has 1 saturated heterocycles. The molecule has 3 heterocycles. The number of aromatic nitrogens is 2. The third kappa shape index (κ3) is 3.88. The molecular formula is C20H29N5. The molecule has 25 heavy (non-hydrogen) atoms. The van der Waals surface area contributed by atoms with E-state index < -0.39 is 0 Å².